The highest BCUT2D eigenvalue weighted by Gasteiger charge is 2.72. The molecule has 21 heteroatoms. The van der Waals surface area contributed by atoms with Crippen LogP contribution >= 0.6 is 0 Å². The monoisotopic (exact) mass is 1330 g/mol. The summed E-state index contributed by atoms with van der Waals surface area (Å²) in [6, 6.07) is 0. The van der Waals surface area contributed by atoms with Gasteiger partial charge < -0.3 is 43.1 Å². The van der Waals surface area contributed by atoms with Crippen molar-refractivity contribution < 1.29 is 76.7 Å². The first-order valence-corrected chi connectivity index (χ1v) is 47.7. The lowest BCUT2D eigenvalue weighted by molar-refractivity contribution is -0.169. The van der Waals surface area contributed by atoms with Crippen LogP contribution in [-0.2, 0) is 66.5 Å². The van der Waals surface area contributed by atoms with E-state index in [4.69, 9.17) is 28.1 Å². The zero-order valence-corrected chi connectivity index (χ0v) is 63.4. The van der Waals surface area contributed by atoms with E-state index in [1.54, 1.807) is 0 Å². The molecule has 8 rings (SSSR count). The molecule has 0 aromatic rings. The molecule has 22 unspecified atom stereocenters. The Morgan fingerprint density at radius 2 is 1.21 bits per heavy atom. The molecule has 89 heavy (non-hydrogen) atoms. The lowest BCUT2D eigenvalue weighted by Gasteiger charge is -2.49. The number of carboxylic acid groups (broad SMARTS) is 1. The first-order valence-electron chi connectivity index (χ1n) is 35.1. The van der Waals surface area contributed by atoms with Gasteiger partial charge in [0, 0.05) is 37.7 Å². The third-order valence-corrected chi connectivity index (χ3v) is 53.0. The average Bonchev–Trinajstić information content (AvgIpc) is 1.54. The minimum Gasteiger partial charge on any atom is -0.481 e. The van der Waals surface area contributed by atoms with E-state index in [0.717, 1.165) is 0 Å². The maximum Gasteiger partial charge on any atom is 0.317 e. The molecule has 2 aliphatic heterocycles. The molecular formula is C68H116O16Si5. The molecule has 2 N–H and O–H groups in total. The number of aliphatic hydroxyl groups excluding tert-OH is 1. The molecule has 0 amide bonds. The van der Waals surface area contributed by atoms with Crippen LogP contribution in [0.15, 0.2) is 0 Å². The summed E-state index contributed by atoms with van der Waals surface area (Å²) < 4.78 is 37.4. The summed E-state index contributed by atoms with van der Waals surface area (Å²) in [6.07, 6.45) is 5.81. The Hall–Kier alpha value is -2.84. The second kappa shape index (κ2) is 28.2. The van der Waals surface area contributed by atoms with E-state index in [1.807, 2.05) is 62.3 Å². The number of esters is 6. The first-order chi connectivity index (χ1) is 41.5. The smallest absolute Gasteiger partial charge is 0.317 e. The molecule has 6 aliphatic carbocycles. The summed E-state index contributed by atoms with van der Waals surface area (Å²) in [5, 5.41) is 21.5. The molecule has 504 valence electrons. The zero-order chi connectivity index (χ0) is 65.8. The zero-order valence-electron chi connectivity index (χ0n) is 57.5. The van der Waals surface area contributed by atoms with Gasteiger partial charge in [-0.15, -0.1) is 0 Å². The number of carbonyl (C=O) groups is 8. The summed E-state index contributed by atoms with van der Waals surface area (Å²) in [6.45, 7) is 35.7. The molecule has 0 radical (unpaired) electrons. The molecular weight excluding hydrogens is 1210 g/mol. The van der Waals surface area contributed by atoms with Crippen molar-refractivity contribution in [3.05, 3.63) is 0 Å². The van der Waals surface area contributed by atoms with Crippen molar-refractivity contribution in [1.82, 2.24) is 0 Å². The maximum absolute atomic E-state index is 15.2. The Balaban J connectivity index is 1.10. The van der Waals surface area contributed by atoms with Crippen LogP contribution in [0.4, 0.5) is 0 Å². The van der Waals surface area contributed by atoms with Crippen molar-refractivity contribution >= 4 is 91.4 Å². The van der Waals surface area contributed by atoms with E-state index in [2.05, 4.69) is 53.9 Å². The number of aliphatic carboxylic acids is 1. The predicted octanol–water partition coefficient (Wildman–Crippen LogP) is 9.93. The molecule has 6 saturated carbocycles. The maximum atomic E-state index is 15.2. The normalized spacial score (nSPS) is 38.6. The highest BCUT2D eigenvalue weighted by molar-refractivity contribution is 6.98. The van der Waals surface area contributed by atoms with Crippen molar-refractivity contribution in [1.29, 1.82) is 0 Å². The van der Waals surface area contributed by atoms with Crippen molar-refractivity contribution in [2.75, 3.05) is 26.4 Å². The van der Waals surface area contributed by atoms with Gasteiger partial charge in [0.1, 0.15) is 32.7 Å². The Kier molecular flexibility index (Phi) is 22.8. The molecule has 0 aromatic heterocycles. The summed E-state index contributed by atoms with van der Waals surface area (Å²) in [4.78, 5) is 115. The van der Waals surface area contributed by atoms with Gasteiger partial charge in [0.25, 0.3) is 0 Å². The highest BCUT2D eigenvalue weighted by atomic mass is 28.4. The van der Waals surface area contributed by atoms with E-state index >= 15 is 9.59 Å². The van der Waals surface area contributed by atoms with Crippen LogP contribution in [0.1, 0.15) is 161 Å². The van der Waals surface area contributed by atoms with Crippen LogP contribution in [0, 0.1) is 124 Å². The molecule has 8 aliphatic rings. The molecule has 0 spiro atoms. The van der Waals surface area contributed by atoms with Crippen LogP contribution in [0.2, 0.25) is 53.9 Å². The van der Waals surface area contributed by atoms with E-state index < -0.39 is 138 Å². The van der Waals surface area contributed by atoms with Crippen LogP contribution < -0.4 is 0 Å². The molecule has 22 atom stereocenters. The van der Waals surface area contributed by atoms with Gasteiger partial charge in [-0.05, 0) is 192 Å². The summed E-state index contributed by atoms with van der Waals surface area (Å²) in [7, 11) is -5.62. The van der Waals surface area contributed by atoms with Crippen molar-refractivity contribution in [3.63, 3.8) is 0 Å². The number of fused-ring (bicyclic) bond motifs is 6. The fourth-order valence-electron chi connectivity index (χ4n) is 20.6. The Labute approximate surface area is 541 Å². The topological polar surface area (TPSA) is 232 Å². The largest absolute Gasteiger partial charge is 0.481 e. The molecule has 8 fully saturated rings. The Morgan fingerprint density at radius 3 is 1.76 bits per heavy atom. The number of carboxylic acids is 1. The summed E-state index contributed by atoms with van der Waals surface area (Å²) in [5.41, 5.74) is 3.12. The quantitative estimate of drug-likeness (QED) is 0.0256. The third-order valence-electron chi connectivity index (χ3n) is 24.8. The molecule has 16 nitrogen and oxygen atoms in total. The van der Waals surface area contributed by atoms with E-state index in [0.29, 0.717) is 70.8 Å². The molecule has 6 bridgehead atoms. The standard InChI is InChI=1S/C68H116O16Si5/c1-18-37(4)58(72)83-66(10,11)21-22-67(12,13)84-59(73)38(5)25-44-43-26-40(28-46(43)60(74)79-23-24-81-89(17)35-87(15)33-86(14)34-88(16)36-89)50(44)55-56(63(77)82-62(55)76)52-45-27-41(29-47(45)64(78)85-65(7,8)9)51(52)49-39(6)42-30-48(49)54(53(42)57(70)71)61(75)80-32-68(19-2,20-3)31-69/h37-56,69,86-88H,18-36,85H2,1-17H3,(H,70,71). The van der Waals surface area contributed by atoms with Gasteiger partial charge in [-0.3, -0.25) is 33.6 Å². The molecule has 2 saturated heterocycles. The van der Waals surface area contributed by atoms with E-state index in [1.165, 1.54) is 22.7 Å². The number of hydrogen-bond acceptors (Lipinski definition) is 15. The van der Waals surface area contributed by atoms with E-state index in [-0.39, 0.29) is 120 Å². The fourth-order valence-corrected chi connectivity index (χ4v) is 55.7. The van der Waals surface area contributed by atoms with E-state index in [9.17, 15) is 39.0 Å². The van der Waals surface area contributed by atoms with Crippen molar-refractivity contribution in [2.24, 2.45) is 124 Å². The van der Waals surface area contributed by atoms with Crippen molar-refractivity contribution in [3.8, 4) is 0 Å². The van der Waals surface area contributed by atoms with Gasteiger partial charge in [0.15, 0.2) is 8.32 Å². The van der Waals surface area contributed by atoms with Gasteiger partial charge in [0.2, 0.25) is 0 Å². The second-order valence-electron chi connectivity index (χ2n) is 33.7. The summed E-state index contributed by atoms with van der Waals surface area (Å²) >= 11 is 0. The SMILES string of the molecule is CCC(C)C(=O)OC(C)(C)CCC(C)(C)OC(=O)C(C)CC1C2CC(CC2C(=O)OCCO[Si]2(C)C[SiH](C)C[SiH](C)C[SiH](C)C2)C1C1C(=O)OC(=O)C1C1C2CC(CC2C(=O)[SiH2]C(C)(C)C)C1C1C(C)C2CC1C(C(=O)OCC(CC)(CC)CO)C2C(=O)O. The lowest BCUT2D eigenvalue weighted by atomic mass is 9.54. The lowest BCUT2D eigenvalue weighted by Crippen LogP contribution is -2.51. The number of hydrogen-bond donors (Lipinski definition) is 2. The van der Waals surface area contributed by atoms with Crippen LogP contribution in [0.3, 0.4) is 0 Å². The number of rotatable bonds is 27. The minimum absolute atomic E-state index is 0.0145. The first kappa shape index (κ1) is 72.0. The van der Waals surface area contributed by atoms with Gasteiger partial charge in [-0.2, -0.15) is 0 Å². The average molecular weight is 1330 g/mol. The van der Waals surface area contributed by atoms with Gasteiger partial charge in [0.05, 0.1) is 61.2 Å². The number of carbonyl (C=O) groups excluding carboxylic acids is 7. The minimum atomic E-state index is -1.96. The second-order valence-corrected chi connectivity index (χ2v) is 53.8. The van der Waals surface area contributed by atoms with Gasteiger partial charge in [-0.25, -0.2) is 0 Å². The van der Waals surface area contributed by atoms with Gasteiger partial charge >= 0.3 is 41.8 Å². The third kappa shape index (κ3) is 15.6. The number of cyclic esters (lactones) is 2. The fraction of sp³-hybridized carbons (Fsp3) is 0.882. The highest BCUT2D eigenvalue weighted by Crippen LogP contribution is 2.71. The van der Waals surface area contributed by atoms with Crippen molar-refractivity contribution in [2.45, 2.75) is 226 Å². The summed E-state index contributed by atoms with van der Waals surface area (Å²) in [5.74, 6) is -12.6. The van der Waals surface area contributed by atoms with Gasteiger partial charge in [-0.1, -0.05) is 93.3 Å². The van der Waals surface area contributed by atoms with Crippen LogP contribution in [-0.4, -0.2) is 139 Å². The predicted molar refractivity (Wildman–Crippen MR) is 354 cm³/mol. The number of aliphatic hydroxyl groups is 1. The number of ether oxygens (including phenoxy) is 5. The Bertz CT molecular complexity index is 2580. The Morgan fingerprint density at radius 1 is 0.663 bits per heavy atom. The van der Waals surface area contributed by atoms with Crippen LogP contribution in [0.25, 0.3) is 0 Å². The molecule has 0 aromatic carbocycles. The van der Waals surface area contributed by atoms with Crippen LogP contribution in [0.5, 0.6) is 0 Å². The molecule has 2 heterocycles.